The van der Waals surface area contributed by atoms with E-state index < -0.39 is 0 Å². The molecule has 0 bridgehead atoms. The lowest BCUT2D eigenvalue weighted by molar-refractivity contribution is -0.118. The van der Waals surface area contributed by atoms with E-state index in [0.29, 0.717) is 65.1 Å². The summed E-state index contributed by atoms with van der Waals surface area (Å²) < 4.78 is 11.5. The van der Waals surface area contributed by atoms with Crippen LogP contribution in [0.5, 0.6) is 0 Å². The number of nitrogens with zero attached hydrogens (tertiary/aromatic N) is 11. The van der Waals surface area contributed by atoms with Crippen LogP contribution in [0.2, 0.25) is 0 Å². The highest BCUT2D eigenvalue weighted by Crippen LogP contribution is 2.27. The number of ketones is 1. The molecule has 5 N–H and O–H groups in total. The Kier molecular flexibility index (Phi) is 6.22. The van der Waals surface area contributed by atoms with Gasteiger partial charge in [0.15, 0.2) is 17.2 Å². The summed E-state index contributed by atoms with van der Waals surface area (Å²) in [5, 5.41) is 27.1. The average molecular weight is 581 g/mol. The fraction of sp³-hybridized carbons (Fsp3) is 0.192. The topological polar surface area (TPSA) is 220 Å². The van der Waals surface area contributed by atoms with Crippen molar-refractivity contribution >= 4 is 40.0 Å². The van der Waals surface area contributed by atoms with E-state index in [-0.39, 0.29) is 24.5 Å². The molecule has 0 aliphatic carbocycles. The van der Waals surface area contributed by atoms with Crippen LogP contribution in [0.1, 0.15) is 30.1 Å². The van der Waals surface area contributed by atoms with Crippen LogP contribution < -0.4 is 17.0 Å². The smallest absolute Gasteiger partial charge is 0.272 e. The fourth-order valence-electron chi connectivity index (χ4n) is 4.70. The van der Waals surface area contributed by atoms with Gasteiger partial charge in [-0.2, -0.15) is 19.2 Å². The Morgan fingerprint density at radius 1 is 0.814 bits per heavy atom. The fourth-order valence-corrected chi connectivity index (χ4v) is 4.70. The molecule has 0 radical (unpaired) electrons. The van der Waals surface area contributed by atoms with Gasteiger partial charge in [-0.15, -0.1) is 20.4 Å². The number of carbonyl (C=O) groups is 2. The zero-order valence-corrected chi connectivity index (χ0v) is 22.5. The molecule has 7 aromatic rings. The first-order chi connectivity index (χ1) is 20.9. The lowest BCUT2D eigenvalue weighted by atomic mass is 10.0. The van der Waals surface area contributed by atoms with Crippen molar-refractivity contribution < 1.29 is 14.0 Å². The second kappa shape index (κ2) is 10.4. The normalized spacial score (nSPS) is 11.6. The number of fused-ring (bicyclic) bond motifs is 3. The number of carbonyl (C=O) groups excluding carboxylic acids is 2. The molecule has 0 saturated heterocycles. The predicted molar refractivity (Wildman–Crippen MR) is 151 cm³/mol. The molecule has 0 saturated carbocycles. The van der Waals surface area contributed by atoms with Gasteiger partial charge in [-0.05, 0) is 35.9 Å². The molecule has 5 aromatic heterocycles. The second-order valence-electron chi connectivity index (χ2n) is 9.89. The number of nitrogens with one attached hydrogen (secondary N) is 1. The first-order valence-electron chi connectivity index (χ1n) is 13.3. The maximum atomic E-state index is 12.6. The number of aromatic nitrogens is 11. The van der Waals surface area contributed by atoms with Gasteiger partial charge in [-0.1, -0.05) is 12.1 Å². The van der Waals surface area contributed by atoms with Crippen molar-refractivity contribution in [1.29, 1.82) is 0 Å². The number of hydrogen-bond acceptors (Lipinski definition) is 12. The minimum absolute atomic E-state index is 0.0641. The van der Waals surface area contributed by atoms with Gasteiger partial charge >= 0.3 is 0 Å². The molecule has 0 spiro atoms. The number of hydrogen-bond donors (Lipinski definition) is 3. The summed E-state index contributed by atoms with van der Waals surface area (Å²) >= 11 is 0. The Labute approximate surface area is 241 Å². The monoisotopic (exact) mass is 580 g/mol. The highest BCUT2D eigenvalue weighted by molar-refractivity contribution is 5.93. The Balaban J connectivity index is 0.951. The molecule has 0 aliphatic heterocycles. The third-order valence-electron chi connectivity index (χ3n) is 6.90. The summed E-state index contributed by atoms with van der Waals surface area (Å²) in [5.74, 6) is 13.7. The Morgan fingerprint density at radius 2 is 1.47 bits per heavy atom. The van der Waals surface area contributed by atoms with E-state index in [4.69, 9.17) is 16.1 Å². The van der Waals surface area contributed by atoms with Crippen LogP contribution in [0.25, 0.3) is 34.1 Å². The third kappa shape index (κ3) is 4.98. The molecule has 17 heteroatoms. The number of nitrogen functional groups attached to an aromatic ring is 2. The van der Waals surface area contributed by atoms with Crippen molar-refractivity contribution in [1.82, 2.24) is 54.0 Å². The quantitative estimate of drug-likeness (QED) is 0.190. The van der Waals surface area contributed by atoms with Crippen molar-refractivity contribution in [3.8, 4) is 11.5 Å². The summed E-state index contributed by atoms with van der Waals surface area (Å²) in [5.41, 5.74) is 3.41. The zero-order chi connectivity index (χ0) is 29.5. The van der Waals surface area contributed by atoms with Gasteiger partial charge in [-0.3, -0.25) is 9.59 Å². The number of rotatable bonds is 10. The SMILES string of the molecule is Nn1cnn2c(CCC(=O)Cc3ccc(-c4nc5cc(NC(=O)CCc6nnc7n(N)cnn67)ccc5o4)cc3)nnc12. The summed E-state index contributed by atoms with van der Waals surface area (Å²) in [7, 11) is 0. The Bertz CT molecular complexity index is 2110. The highest BCUT2D eigenvalue weighted by Gasteiger charge is 2.15. The molecule has 0 fully saturated rings. The van der Waals surface area contributed by atoms with Crippen LogP contribution in [0.4, 0.5) is 5.69 Å². The highest BCUT2D eigenvalue weighted by atomic mass is 16.3. The Hall–Kier alpha value is -6.13. The van der Waals surface area contributed by atoms with E-state index in [0.717, 1.165) is 11.1 Å². The van der Waals surface area contributed by atoms with Crippen LogP contribution in [0.3, 0.4) is 0 Å². The van der Waals surface area contributed by atoms with Gasteiger partial charge in [0.1, 0.15) is 24.0 Å². The van der Waals surface area contributed by atoms with Crippen molar-refractivity contribution in [2.45, 2.75) is 32.1 Å². The summed E-state index contributed by atoms with van der Waals surface area (Å²) in [4.78, 5) is 29.8. The van der Waals surface area contributed by atoms with Crippen molar-refractivity contribution in [3.63, 3.8) is 0 Å². The number of nitrogens with two attached hydrogens (primary N) is 2. The maximum Gasteiger partial charge on any atom is 0.272 e. The van der Waals surface area contributed by atoms with Crippen LogP contribution in [0.15, 0.2) is 59.5 Å². The van der Waals surface area contributed by atoms with Crippen LogP contribution in [0, 0.1) is 0 Å². The van der Waals surface area contributed by atoms with E-state index in [9.17, 15) is 9.59 Å². The minimum Gasteiger partial charge on any atom is -0.436 e. The van der Waals surface area contributed by atoms with E-state index in [2.05, 4.69) is 40.9 Å². The lowest BCUT2D eigenvalue weighted by Crippen LogP contribution is -2.13. The van der Waals surface area contributed by atoms with Crippen molar-refractivity contribution in [2.24, 2.45) is 0 Å². The summed E-state index contributed by atoms with van der Waals surface area (Å²) in [6.45, 7) is 0. The van der Waals surface area contributed by atoms with Crippen LogP contribution >= 0.6 is 0 Å². The van der Waals surface area contributed by atoms with Gasteiger partial charge in [0.05, 0.1) is 0 Å². The first-order valence-corrected chi connectivity index (χ1v) is 13.3. The molecule has 0 unspecified atom stereocenters. The zero-order valence-electron chi connectivity index (χ0n) is 22.5. The summed E-state index contributed by atoms with van der Waals surface area (Å²) in [6.07, 6.45) is 4.37. The molecule has 0 atom stereocenters. The molecule has 216 valence electrons. The molecular formula is C26H24N14O3. The average Bonchev–Trinajstić information content (AvgIpc) is 3.82. The number of benzene rings is 2. The van der Waals surface area contributed by atoms with Crippen molar-refractivity contribution in [3.05, 3.63) is 72.3 Å². The van der Waals surface area contributed by atoms with Gasteiger partial charge in [0.2, 0.25) is 11.8 Å². The van der Waals surface area contributed by atoms with Gasteiger partial charge < -0.3 is 21.4 Å². The minimum atomic E-state index is -0.196. The van der Waals surface area contributed by atoms with Crippen molar-refractivity contribution in [2.75, 3.05) is 17.0 Å². The van der Waals surface area contributed by atoms with Crippen LogP contribution in [-0.2, 0) is 28.9 Å². The predicted octanol–water partition coefficient (Wildman–Crippen LogP) is 0.717. The van der Waals surface area contributed by atoms with E-state index in [1.165, 1.54) is 31.0 Å². The molecule has 7 rings (SSSR count). The number of amides is 1. The standard InChI is InChI=1S/C26H24N14O3/c27-37-13-29-39-21(33-35-25(37)39)8-6-18(41)11-15-1-3-16(4-2-15)24-32-19-12-17(5-7-20(19)43-24)31-23(42)10-9-22-34-36-26-38(28)14-30-40(22)26/h1-5,7,12-14H,6,8-11,27-28H2,(H,31,42). The molecule has 43 heavy (non-hydrogen) atoms. The summed E-state index contributed by atoms with van der Waals surface area (Å²) in [6, 6.07) is 12.7. The largest absolute Gasteiger partial charge is 0.436 e. The van der Waals surface area contributed by atoms with Gasteiger partial charge in [0, 0.05) is 43.4 Å². The molecule has 5 heterocycles. The van der Waals surface area contributed by atoms with E-state index in [1.54, 1.807) is 18.2 Å². The molecular weight excluding hydrogens is 556 g/mol. The van der Waals surface area contributed by atoms with E-state index in [1.807, 2.05) is 24.3 Å². The van der Waals surface area contributed by atoms with E-state index >= 15 is 0 Å². The van der Waals surface area contributed by atoms with Gasteiger partial charge in [0.25, 0.3) is 11.6 Å². The third-order valence-corrected chi connectivity index (χ3v) is 6.90. The molecule has 1 amide bonds. The molecule has 2 aromatic carbocycles. The molecule has 0 aliphatic rings. The van der Waals surface area contributed by atoms with Crippen LogP contribution in [-0.4, -0.2) is 65.6 Å². The first kappa shape index (κ1) is 25.8. The maximum absolute atomic E-state index is 12.6. The second-order valence-corrected chi connectivity index (χ2v) is 9.89. The lowest BCUT2D eigenvalue weighted by Gasteiger charge is -2.04. The number of anilines is 1. The number of aryl methyl sites for hydroxylation is 2. The Morgan fingerprint density at radius 3 is 2.14 bits per heavy atom. The number of Topliss-reactive ketones (excluding diaryl/α,β-unsaturated/α-hetero) is 1. The van der Waals surface area contributed by atoms with Gasteiger partial charge in [-0.25, -0.2) is 14.3 Å². The number of oxazole rings is 1. The molecule has 17 nitrogen and oxygen atoms in total.